The molecule has 0 spiro atoms. The average molecular weight is 579 g/mol. The van der Waals surface area contributed by atoms with E-state index in [0.29, 0.717) is 5.56 Å². The first-order valence-corrected chi connectivity index (χ1v) is 12.6. The number of benzene rings is 3. The molecule has 0 fully saturated rings. The number of methoxy groups -OCH3 is 1. The van der Waals surface area contributed by atoms with Crippen LogP contribution in [0.4, 0.5) is 14.5 Å². The van der Waals surface area contributed by atoms with Crippen LogP contribution < -0.4 is 29.6 Å². The fraction of sp³-hybridized carbons (Fsp3) is 0.167. The molecular formula is C30H28F2N4O6. The summed E-state index contributed by atoms with van der Waals surface area (Å²) in [5.41, 5.74) is 6.78. The van der Waals surface area contributed by atoms with Crippen molar-refractivity contribution in [2.24, 2.45) is 5.73 Å². The van der Waals surface area contributed by atoms with E-state index < -0.39 is 35.1 Å². The Morgan fingerprint density at radius 3 is 2.12 bits per heavy atom. The molecule has 0 unspecified atom stereocenters. The van der Waals surface area contributed by atoms with Crippen LogP contribution in [-0.2, 0) is 4.74 Å². The van der Waals surface area contributed by atoms with Crippen molar-refractivity contribution in [3.05, 3.63) is 89.5 Å². The zero-order valence-electron chi connectivity index (χ0n) is 23.2. The van der Waals surface area contributed by atoms with Crippen LogP contribution in [0.2, 0.25) is 0 Å². The van der Waals surface area contributed by atoms with Gasteiger partial charge in [0.25, 0.3) is 11.8 Å². The molecule has 0 saturated carbocycles. The van der Waals surface area contributed by atoms with E-state index in [9.17, 15) is 4.79 Å². The van der Waals surface area contributed by atoms with Gasteiger partial charge in [-0.15, -0.1) is 0 Å². The fourth-order valence-electron chi connectivity index (χ4n) is 3.68. The Labute approximate surface area is 240 Å². The number of carbonyl (C=O) groups excluding carboxylic acids is 1. The van der Waals surface area contributed by atoms with Crippen molar-refractivity contribution in [2.45, 2.75) is 6.92 Å². The van der Waals surface area contributed by atoms with E-state index in [0.717, 1.165) is 5.69 Å². The number of anilines is 1. The van der Waals surface area contributed by atoms with Crippen LogP contribution in [0.1, 0.15) is 22.8 Å². The van der Waals surface area contributed by atoms with Gasteiger partial charge in [-0.2, -0.15) is 13.8 Å². The first-order chi connectivity index (χ1) is 20.1. The monoisotopic (exact) mass is 578 g/mol. The van der Waals surface area contributed by atoms with Crippen LogP contribution in [0.15, 0.2) is 66.7 Å². The third-order valence-corrected chi connectivity index (χ3v) is 5.77. The van der Waals surface area contributed by atoms with E-state index in [-0.39, 0.29) is 41.0 Å². The Kier molecular flexibility index (Phi) is 9.05. The smallest absolute Gasteiger partial charge is 0.338 e. The summed E-state index contributed by atoms with van der Waals surface area (Å²) in [7, 11) is 4.95. The lowest BCUT2D eigenvalue weighted by Crippen LogP contribution is -2.10. The summed E-state index contributed by atoms with van der Waals surface area (Å²) in [4.78, 5) is 17.9. The zero-order chi connectivity index (χ0) is 30.4. The predicted molar refractivity (Wildman–Crippen MR) is 152 cm³/mol. The van der Waals surface area contributed by atoms with Crippen LogP contribution in [0.5, 0.6) is 40.5 Å². The van der Waals surface area contributed by atoms with Crippen molar-refractivity contribution in [1.82, 2.24) is 4.98 Å². The lowest BCUT2D eigenvalue weighted by Gasteiger charge is -2.17. The predicted octanol–water partition coefficient (Wildman–Crippen LogP) is 6.27. The van der Waals surface area contributed by atoms with Gasteiger partial charge in [-0.3, -0.25) is 5.41 Å². The van der Waals surface area contributed by atoms with E-state index >= 15 is 8.78 Å². The molecule has 0 aliphatic carbocycles. The van der Waals surface area contributed by atoms with E-state index in [2.05, 4.69) is 4.98 Å². The minimum absolute atomic E-state index is 0.00828. The highest BCUT2D eigenvalue weighted by molar-refractivity contribution is 5.95. The molecule has 0 aliphatic rings. The van der Waals surface area contributed by atoms with Gasteiger partial charge in [-0.05, 0) is 49.4 Å². The Bertz CT molecular complexity index is 1630. The molecule has 0 amide bonds. The summed E-state index contributed by atoms with van der Waals surface area (Å²) >= 11 is 0. The average Bonchev–Trinajstić information content (AvgIpc) is 2.98. The summed E-state index contributed by atoms with van der Waals surface area (Å²) in [6.45, 7) is 1.82. The molecule has 12 heteroatoms. The van der Waals surface area contributed by atoms with Crippen molar-refractivity contribution in [3.63, 3.8) is 0 Å². The Hall–Kier alpha value is -5.39. The number of aromatic nitrogens is 1. The number of hydrogen-bond donors (Lipinski definition) is 2. The molecule has 0 saturated heterocycles. The number of nitrogen functional groups attached to an aromatic ring is 1. The summed E-state index contributed by atoms with van der Waals surface area (Å²) in [5, 5.41) is 7.65. The number of esters is 1. The molecule has 218 valence electrons. The minimum atomic E-state index is -1.29. The van der Waals surface area contributed by atoms with Crippen LogP contribution in [0, 0.1) is 17.0 Å². The SMILES string of the molecule is CCOC(=O)c1ccc(Oc2c(F)c(Oc3cccc(C(=N)N)c3)nc(Oc3cccc(N(C)C)c3)c2F)c(OC)c1. The molecule has 0 atom stereocenters. The van der Waals surface area contributed by atoms with Gasteiger partial charge in [0.2, 0.25) is 17.4 Å². The maximum absolute atomic E-state index is 15.8. The number of amidine groups is 1. The number of hydrogen-bond acceptors (Lipinski definition) is 9. The second kappa shape index (κ2) is 12.9. The number of pyridine rings is 1. The topological polar surface area (TPSA) is 129 Å². The molecular weight excluding hydrogens is 550 g/mol. The van der Waals surface area contributed by atoms with Gasteiger partial charge < -0.3 is 34.3 Å². The van der Waals surface area contributed by atoms with Gasteiger partial charge in [0.15, 0.2) is 11.5 Å². The summed E-state index contributed by atoms with van der Waals surface area (Å²) in [5.74, 6) is -5.42. The Balaban J connectivity index is 1.80. The van der Waals surface area contributed by atoms with Gasteiger partial charge >= 0.3 is 5.97 Å². The summed E-state index contributed by atoms with van der Waals surface area (Å²) in [6, 6.07) is 16.7. The van der Waals surface area contributed by atoms with Crippen molar-refractivity contribution in [3.8, 4) is 40.5 Å². The molecule has 1 heterocycles. The quantitative estimate of drug-likeness (QED) is 0.120. The van der Waals surface area contributed by atoms with Crippen molar-refractivity contribution in [1.29, 1.82) is 5.41 Å². The van der Waals surface area contributed by atoms with E-state index in [1.165, 1.54) is 37.4 Å². The van der Waals surface area contributed by atoms with Gasteiger partial charge in [-0.25, -0.2) is 4.79 Å². The van der Waals surface area contributed by atoms with E-state index in [1.54, 1.807) is 37.3 Å². The number of ether oxygens (including phenoxy) is 5. The van der Waals surface area contributed by atoms with Crippen LogP contribution >= 0.6 is 0 Å². The molecule has 4 rings (SSSR count). The largest absolute Gasteiger partial charge is 0.493 e. The van der Waals surface area contributed by atoms with Crippen LogP contribution in [0.25, 0.3) is 0 Å². The van der Waals surface area contributed by atoms with E-state index in [4.69, 9.17) is 34.8 Å². The number of nitrogens with one attached hydrogen (secondary N) is 1. The molecule has 0 bridgehead atoms. The van der Waals surface area contributed by atoms with Crippen molar-refractivity contribution >= 4 is 17.5 Å². The number of carbonyl (C=O) groups is 1. The summed E-state index contributed by atoms with van der Waals surface area (Å²) < 4.78 is 58.9. The normalized spacial score (nSPS) is 10.5. The first kappa shape index (κ1) is 29.6. The number of nitrogens with two attached hydrogens (primary N) is 1. The number of halogens is 2. The standard InChI is InChI=1S/C30H28F2N4O6/c1-5-39-30(37)18-12-13-22(23(15-18)38-4)42-26-24(31)28(40-20-10-6-8-17(14-20)27(33)34)35-29(25(26)32)41-21-11-7-9-19(16-21)36(2)3/h6-16H,5H2,1-4H3,(H3,33,34). The molecule has 1 aromatic heterocycles. The lowest BCUT2D eigenvalue weighted by molar-refractivity contribution is 0.0526. The molecule has 3 aromatic carbocycles. The minimum Gasteiger partial charge on any atom is -0.493 e. The zero-order valence-corrected chi connectivity index (χ0v) is 23.2. The fourth-order valence-corrected chi connectivity index (χ4v) is 3.68. The highest BCUT2D eigenvalue weighted by Crippen LogP contribution is 2.42. The second-order valence-corrected chi connectivity index (χ2v) is 8.90. The van der Waals surface area contributed by atoms with E-state index in [1.807, 2.05) is 25.1 Å². The third-order valence-electron chi connectivity index (χ3n) is 5.77. The van der Waals surface area contributed by atoms with Gasteiger partial charge in [0.05, 0.1) is 19.3 Å². The molecule has 0 aliphatic heterocycles. The maximum atomic E-state index is 15.8. The van der Waals surface area contributed by atoms with Gasteiger partial charge in [0.1, 0.15) is 17.3 Å². The van der Waals surface area contributed by atoms with Crippen LogP contribution in [0.3, 0.4) is 0 Å². The molecule has 4 aromatic rings. The maximum Gasteiger partial charge on any atom is 0.338 e. The third kappa shape index (κ3) is 6.66. The van der Waals surface area contributed by atoms with Gasteiger partial charge in [0, 0.05) is 31.4 Å². The highest BCUT2D eigenvalue weighted by atomic mass is 19.1. The van der Waals surface area contributed by atoms with Crippen LogP contribution in [-0.4, -0.2) is 44.6 Å². The van der Waals surface area contributed by atoms with Gasteiger partial charge in [-0.1, -0.05) is 18.2 Å². The lowest BCUT2D eigenvalue weighted by atomic mass is 10.2. The highest BCUT2D eigenvalue weighted by Gasteiger charge is 2.27. The number of nitrogens with zero attached hydrogens (tertiary/aromatic N) is 2. The second-order valence-electron chi connectivity index (χ2n) is 8.90. The molecule has 10 nitrogen and oxygen atoms in total. The first-order valence-electron chi connectivity index (χ1n) is 12.6. The van der Waals surface area contributed by atoms with Crippen molar-refractivity contribution < 1.29 is 37.3 Å². The molecule has 3 N–H and O–H groups in total. The van der Waals surface area contributed by atoms with Crippen molar-refractivity contribution in [2.75, 3.05) is 32.7 Å². The Morgan fingerprint density at radius 1 is 0.881 bits per heavy atom. The molecule has 0 radical (unpaired) electrons. The summed E-state index contributed by atoms with van der Waals surface area (Å²) in [6.07, 6.45) is 0. The molecule has 42 heavy (non-hydrogen) atoms. The number of rotatable bonds is 11. The Morgan fingerprint density at radius 2 is 1.52 bits per heavy atom.